The highest BCUT2D eigenvalue weighted by atomic mass is 16.2. The number of aromatic amines is 1. The van der Waals surface area contributed by atoms with Crippen LogP contribution in [0.25, 0.3) is 11.0 Å². The summed E-state index contributed by atoms with van der Waals surface area (Å²) in [5.74, 6) is -0.0677. The topological polar surface area (TPSA) is 83.6 Å². The molecule has 8 heteroatoms. The molecule has 0 bridgehead atoms. The fourth-order valence-electron chi connectivity index (χ4n) is 4.14. The van der Waals surface area contributed by atoms with Gasteiger partial charge in [-0.05, 0) is 30.3 Å². The molecule has 1 aliphatic heterocycles. The number of carbonyl (C=O) groups excluding carboxylic acids is 1. The summed E-state index contributed by atoms with van der Waals surface area (Å²) in [6, 6.07) is 13.3. The maximum atomic E-state index is 13.6. The van der Waals surface area contributed by atoms with Crippen LogP contribution < -0.4 is 0 Å². The lowest BCUT2D eigenvalue weighted by atomic mass is 9.98. The van der Waals surface area contributed by atoms with Gasteiger partial charge in [-0.3, -0.25) is 4.79 Å². The Bertz CT molecular complexity index is 1330. The third kappa shape index (κ3) is 2.39. The molecule has 29 heavy (non-hydrogen) atoms. The van der Waals surface area contributed by atoms with Crippen molar-refractivity contribution in [2.24, 2.45) is 0 Å². The maximum absolute atomic E-state index is 13.6. The Morgan fingerprint density at radius 2 is 1.97 bits per heavy atom. The maximum Gasteiger partial charge on any atom is 0.258 e. The second-order valence-electron chi connectivity index (χ2n) is 7.15. The molecule has 0 spiro atoms. The van der Waals surface area contributed by atoms with Crippen LogP contribution in [0, 0.1) is 0 Å². The molecule has 1 atom stereocenters. The number of hydrogen-bond acceptors (Lipinski definition) is 4. The Hall–Kier alpha value is -3.94. The van der Waals surface area contributed by atoms with Gasteiger partial charge < -0.3 is 9.88 Å². The van der Waals surface area contributed by atoms with E-state index in [0.717, 1.165) is 34.5 Å². The molecular weight excluding hydrogens is 366 g/mol. The summed E-state index contributed by atoms with van der Waals surface area (Å²) < 4.78 is 3.55. The van der Waals surface area contributed by atoms with Gasteiger partial charge in [0.1, 0.15) is 6.04 Å². The fraction of sp³-hybridized carbons (Fsp3) is 0.143. The number of carbonyl (C=O) groups is 1. The standard InChI is InChI=1S/C21H17N7O/c29-21(15-12-24-28-9-4-2-6-18(15)28)26-10-7-16-19(23-13-22-16)20(26)17-11-14-5-1-3-8-27(14)25-17/h1-6,8-9,11-13,20H,7,10H2,(H,22,23)/t20-/m0/s1. The number of nitrogens with one attached hydrogen (secondary N) is 1. The number of rotatable bonds is 2. The fourth-order valence-corrected chi connectivity index (χ4v) is 4.14. The number of amides is 1. The van der Waals surface area contributed by atoms with Crippen LogP contribution in [0.3, 0.4) is 0 Å². The molecule has 0 aliphatic carbocycles. The van der Waals surface area contributed by atoms with Crippen molar-refractivity contribution >= 4 is 16.9 Å². The molecule has 8 nitrogen and oxygen atoms in total. The van der Waals surface area contributed by atoms with E-state index >= 15 is 0 Å². The largest absolute Gasteiger partial charge is 0.348 e. The van der Waals surface area contributed by atoms with Crippen LogP contribution in [-0.2, 0) is 6.42 Å². The van der Waals surface area contributed by atoms with Crippen molar-refractivity contribution in [1.29, 1.82) is 0 Å². The van der Waals surface area contributed by atoms with Crippen molar-refractivity contribution in [3.63, 3.8) is 0 Å². The van der Waals surface area contributed by atoms with Crippen molar-refractivity contribution in [2.75, 3.05) is 6.54 Å². The predicted octanol–water partition coefficient (Wildman–Crippen LogP) is 2.49. The number of imidazole rings is 1. The molecule has 5 aromatic rings. The molecule has 0 unspecified atom stereocenters. The predicted molar refractivity (Wildman–Crippen MR) is 106 cm³/mol. The number of aromatic nitrogens is 6. The van der Waals surface area contributed by atoms with E-state index in [1.807, 2.05) is 64.3 Å². The minimum atomic E-state index is -0.351. The zero-order valence-electron chi connectivity index (χ0n) is 15.4. The average molecular weight is 383 g/mol. The van der Waals surface area contributed by atoms with Crippen LogP contribution in [0.4, 0.5) is 0 Å². The van der Waals surface area contributed by atoms with Crippen molar-refractivity contribution in [2.45, 2.75) is 12.5 Å². The van der Waals surface area contributed by atoms with Crippen LogP contribution in [0.1, 0.15) is 33.5 Å². The Kier molecular flexibility index (Phi) is 3.34. The van der Waals surface area contributed by atoms with E-state index in [1.54, 1.807) is 17.0 Å². The third-order valence-corrected chi connectivity index (χ3v) is 5.51. The van der Waals surface area contributed by atoms with E-state index < -0.39 is 0 Å². The molecule has 0 fully saturated rings. The first-order valence-corrected chi connectivity index (χ1v) is 9.49. The summed E-state index contributed by atoms with van der Waals surface area (Å²) >= 11 is 0. The Morgan fingerprint density at radius 3 is 2.86 bits per heavy atom. The monoisotopic (exact) mass is 383 g/mol. The number of H-pyrrole nitrogens is 1. The highest BCUT2D eigenvalue weighted by molar-refractivity contribution is 6.01. The molecule has 1 aliphatic rings. The molecule has 5 aromatic heterocycles. The summed E-state index contributed by atoms with van der Waals surface area (Å²) in [5, 5.41) is 9.07. The van der Waals surface area contributed by atoms with Crippen molar-refractivity contribution in [3.05, 3.63) is 90.0 Å². The van der Waals surface area contributed by atoms with Crippen LogP contribution in [-0.4, -0.2) is 46.5 Å². The lowest BCUT2D eigenvalue weighted by molar-refractivity contribution is 0.0689. The molecular formula is C21H17N7O. The van der Waals surface area contributed by atoms with Crippen LogP contribution in [0.15, 0.2) is 67.4 Å². The van der Waals surface area contributed by atoms with E-state index in [9.17, 15) is 4.79 Å². The van der Waals surface area contributed by atoms with Gasteiger partial charge in [0.25, 0.3) is 5.91 Å². The highest BCUT2D eigenvalue weighted by Gasteiger charge is 2.37. The Morgan fingerprint density at radius 1 is 1.10 bits per heavy atom. The van der Waals surface area contributed by atoms with Crippen molar-refractivity contribution in [1.82, 2.24) is 34.1 Å². The molecule has 0 radical (unpaired) electrons. The van der Waals surface area contributed by atoms with E-state index in [1.165, 1.54) is 0 Å². The van der Waals surface area contributed by atoms with Gasteiger partial charge in [-0.2, -0.15) is 10.2 Å². The zero-order valence-corrected chi connectivity index (χ0v) is 15.4. The summed E-state index contributed by atoms with van der Waals surface area (Å²) in [6.45, 7) is 0.580. The Balaban J connectivity index is 1.49. The minimum Gasteiger partial charge on any atom is -0.348 e. The summed E-state index contributed by atoms with van der Waals surface area (Å²) in [4.78, 5) is 23.2. The highest BCUT2D eigenvalue weighted by Crippen LogP contribution is 2.34. The number of pyridine rings is 2. The number of hydrogen-bond donors (Lipinski definition) is 1. The first-order valence-electron chi connectivity index (χ1n) is 9.49. The molecule has 0 aromatic carbocycles. The van der Waals surface area contributed by atoms with Crippen molar-refractivity contribution < 1.29 is 4.79 Å². The van der Waals surface area contributed by atoms with E-state index in [0.29, 0.717) is 12.1 Å². The molecule has 0 saturated carbocycles. The van der Waals surface area contributed by atoms with Gasteiger partial charge >= 0.3 is 0 Å². The normalized spacial score (nSPS) is 16.4. The second-order valence-corrected chi connectivity index (χ2v) is 7.15. The number of nitrogens with zero attached hydrogens (tertiary/aromatic N) is 6. The summed E-state index contributed by atoms with van der Waals surface area (Å²) in [6.07, 6.45) is 7.80. The quantitative estimate of drug-likeness (QED) is 0.508. The van der Waals surface area contributed by atoms with Crippen LogP contribution >= 0.6 is 0 Å². The molecule has 142 valence electrons. The molecule has 0 saturated heterocycles. The molecule has 1 N–H and O–H groups in total. The lowest BCUT2D eigenvalue weighted by Gasteiger charge is -2.33. The van der Waals surface area contributed by atoms with E-state index in [4.69, 9.17) is 5.10 Å². The summed E-state index contributed by atoms with van der Waals surface area (Å²) in [5.41, 5.74) is 5.06. The van der Waals surface area contributed by atoms with Gasteiger partial charge in [-0.15, -0.1) is 0 Å². The second kappa shape index (κ2) is 6.03. The Labute approximate surface area is 165 Å². The van der Waals surface area contributed by atoms with Crippen LogP contribution in [0.2, 0.25) is 0 Å². The first-order chi connectivity index (χ1) is 14.3. The third-order valence-electron chi connectivity index (χ3n) is 5.51. The van der Waals surface area contributed by atoms with Crippen molar-refractivity contribution in [3.8, 4) is 0 Å². The smallest absolute Gasteiger partial charge is 0.258 e. The average Bonchev–Trinajstić information content (AvgIpc) is 3.49. The van der Waals surface area contributed by atoms with Gasteiger partial charge in [0.05, 0.1) is 40.5 Å². The molecule has 6 heterocycles. The van der Waals surface area contributed by atoms with Gasteiger partial charge in [-0.25, -0.2) is 14.0 Å². The van der Waals surface area contributed by atoms with E-state index in [2.05, 4.69) is 15.1 Å². The lowest BCUT2D eigenvalue weighted by Crippen LogP contribution is -2.41. The van der Waals surface area contributed by atoms with Crippen LogP contribution in [0.5, 0.6) is 0 Å². The van der Waals surface area contributed by atoms with E-state index in [-0.39, 0.29) is 11.9 Å². The van der Waals surface area contributed by atoms with Gasteiger partial charge in [0.2, 0.25) is 0 Å². The van der Waals surface area contributed by atoms with Gasteiger partial charge in [0.15, 0.2) is 0 Å². The SMILES string of the molecule is O=C(c1cnn2ccccc12)N1CCc2[nH]cnc2[C@@H]1c1cc2ccccn2n1. The van der Waals surface area contributed by atoms with Gasteiger partial charge in [-0.1, -0.05) is 12.1 Å². The number of fused-ring (bicyclic) bond motifs is 3. The first kappa shape index (κ1) is 16.1. The molecule has 1 amide bonds. The molecule has 6 rings (SSSR count). The zero-order chi connectivity index (χ0) is 19.4. The minimum absolute atomic E-state index is 0.0677. The van der Waals surface area contributed by atoms with Gasteiger partial charge in [0, 0.05) is 31.1 Å². The summed E-state index contributed by atoms with van der Waals surface area (Å²) in [7, 11) is 0.